The molecule has 2 heterocycles. The number of aromatic nitrogens is 4. The molecule has 0 spiro atoms. The van der Waals surface area contributed by atoms with Gasteiger partial charge in [-0.05, 0) is 0 Å². The fourth-order valence-corrected chi connectivity index (χ4v) is 1.59. The monoisotopic (exact) mass is 253 g/mol. The van der Waals surface area contributed by atoms with E-state index in [1.54, 1.807) is 11.6 Å². The van der Waals surface area contributed by atoms with E-state index < -0.39 is 11.9 Å². The van der Waals surface area contributed by atoms with Crippen molar-refractivity contribution in [2.45, 2.75) is 6.54 Å². The van der Waals surface area contributed by atoms with Crippen molar-refractivity contribution in [1.29, 1.82) is 0 Å². The number of hydrogen-bond donors (Lipinski definition) is 2. The van der Waals surface area contributed by atoms with Crippen LogP contribution in [0.25, 0.3) is 0 Å². The van der Waals surface area contributed by atoms with Gasteiger partial charge in [-0.1, -0.05) is 5.21 Å². The predicted octanol–water partition coefficient (Wildman–Crippen LogP) is 0.0715. The Kier molecular flexibility index (Phi) is 3.10. The minimum atomic E-state index is -1.05. The number of carbonyl (C=O) groups excluding carboxylic acids is 1. The van der Waals surface area contributed by atoms with Gasteiger partial charge < -0.3 is 5.11 Å². The zero-order chi connectivity index (χ0) is 12.3. The number of rotatable bonds is 4. The zero-order valence-corrected chi connectivity index (χ0v) is 9.22. The highest BCUT2D eigenvalue weighted by Crippen LogP contribution is 2.11. The topological polar surface area (TPSA) is 110 Å². The molecule has 0 aliphatic rings. The summed E-state index contributed by atoms with van der Waals surface area (Å²) in [4.78, 5) is 25.9. The normalized spacial score (nSPS) is 10.1. The molecule has 0 aromatic carbocycles. The van der Waals surface area contributed by atoms with Crippen molar-refractivity contribution in [3.05, 3.63) is 23.5 Å². The first-order chi connectivity index (χ1) is 8.15. The number of amides is 1. The Morgan fingerprint density at radius 3 is 3.00 bits per heavy atom. The number of carboxylic acid groups (broad SMARTS) is 1. The summed E-state index contributed by atoms with van der Waals surface area (Å²) in [5.74, 6) is -1.53. The highest BCUT2D eigenvalue weighted by Gasteiger charge is 2.12. The van der Waals surface area contributed by atoms with E-state index in [2.05, 4.69) is 20.6 Å². The van der Waals surface area contributed by atoms with Crippen molar-refractivity contribution >= 4 is 28.3 Å². The lowest BCUT2D eigenvalue weighted by molar-refractivity contribution is -0.137. The van der Waals surface area contributed by atoms with E-state index >= 15 is 0 Å². The number of anilines is 1. The van der Waals surface area contributed by atoms with Gasteiger partial charge in [-0.2, -0.15) is 0 Å². The molecule has 8 nitrogen and oxygen atoms in total. The largest absolute Gasteiger partial charge is 0.480 e. The van der Waals surface area contributed by atoms with Crippen LogP contribution in [0.15, 0.2) is 17.8 Å². The summed E-state index contributed by atoms with van der Waals surface area (Å²) in [6, 6.07) is 0. The summed E-state index contributed by atoms with van der Waals surface area (Å²) in [6.45, 7) is -0.336. The maximum atomic E-state index is 11.6. The molecule has 2 rings (SSSR count). The molecule has 88 valence electrons. The molecule has 0 bridgehead atoms. The maximum absolute atomic E-state index is 11.6. The Morgan fingerprint density at radius 2 is 2.35 bits per heavy atom. The first-order valence-electron chi connectivity index (χ1n) is 4.48. The lowest BCUT2D eigenvalue weighted by atomic mass is 10.4. The van der Waals surface area contributed by atoms with Gasteiger partial charge in [0.1, 0.15) is 6.54 Å². The molecular formula is C8H7N5O3S. The third kappa shape index (κ3) is 2.84. The number of aliphatic carboxylic acids is 1. The van der Waals surface area contributed by atoms with Crippen LogP contribution >= 0.6 is 11.3 Å². The third-order valence-corrected chi connectivity index (χ3v) is 2.41. The molecule has 2 aromatic rings. The summed E-state index contributed by atoms with van der Waals surface area (Å²) >= 11 is 1.27. The van der Waals surface area contributed by atoms with Crippen molar-refractivity contribution in [3.63, 3.8) is 0 Å². The van der Waals surface area contributed by atoms with Gasteiger partial charge in [0.25, 0.3) is 5.91 Å². The molecule has 0 radical (unpaired) electrons. The van der Waals surface area contributed by atoms with Crippen LogP contribution in [-0.2, 0) is 11.3 Å². The van der Waals surface area contributed by atoms with Gasteiger partial charge in [-0.15, -0.1) is 16.4 Å². The Morgan fingerprint density at radius 1 is 1.53 bits per heavy atom. The second-order valence-corrected chi connectivity index (χ2v) is 3.88. The lowest BCUT2D eigenvalue weighted by Gasteiger charge is -1.95. The zero-order valence-electron chi connectivity index (χ0n) is 8.40. The van der Waals surface area contributed by atoms with Gasteiger partial charge in [0.05, 0.1) is 6.20 Å². The van der Waals surface area contributed by atoms with Gasteiger partial charge in [-0.3, -0.25) is 14.9 Å². The standard InChI is InChI=1S/C8H7N5O3S/c14-6(15)4-13-3-5(11-12-13)7(16)10-8-9-1-2-17-8/h1-3H,4H2,(H,14,15)(H,9,10,16). The van der Waals surface area contributed by atoms with Crippen LogP contribution in [-0.4, -0.2) is 37.0 Å². The molecule has 2 N–H and O–H groups in total. The van der Waals surface area contributed by atoms with Crippen molar-refractivity contribution in [2.24, 2.45) is 0 Å². The van der Waals surface area contributed by atoms with E-state index in [1.165, 1.54) is 17.5 Å². The van der Waals surface area contributed by atoms with E-state index in [1.807, 2.05) is 0 Å². The third-order valence-electron chi connectivity index (χ3n) is 1.72. The number of carboxylic acids is 1. The first-order valence-corrected chi connectivity index (χ1v) is 5.36. The lowest BCUT2D eigenvalue weighted by Crippen LogP contribution is -2.12. The van der Waals surface area contributed by atoms with E-state index in [4.69, 9.17) is 5.11 Å². The number of thiazole rings is 1. The van der Waals surface area contributed by atoms with Crippen molar-refractivity contribution in [1.82, 2.24) is 20.0 Å². The minimum absolute atomic E-state index is 0.0430. The van der Waals surface area contributed by atoms with Crippen LogP contribution in [0.4, 0.5) is 5.13 Å². The number of hydrogen-bond acceptors (Lipinski definition) is 6. The summed E-state index contributed by atoms with van der Waals surface area (Å²) in [7, 11) is 0. The number of nitrogens with zero attached hydrogens (tertiary/aromatic N) is 4. The van der Waals surface area contributed by atoms with Gasteiger partial charge in [0.15, 0.2) is 10.8 Å². The average molecular weight is 253 g/mol. The van der Waals surface area contributed by atoms with E-state index in [9.17, 15) is 9.59 Å². The molecule has 0 aliphatic carbocycles. The smallest absolute Gasteiger partial charge is 0.325 e. The average Bonchev–Trinajstić information content (AvgIpc) is 2.87. The van der Waals surface area contributed by atoms with Crippen LogP contribution < -0.4 is 5.32 Å². The van der Waals surface area contributed by atoms with E-state index in [0.29, 0.717) is 5.13 Å². The molecule has 0 unspecified atom stereocenters. The molecule has 0 aliphatic heterocycles. The molecule has 0 atom stereocenters. The number of nitrogens with one attached hydrogen (secondary N) is 1. The fraction of sp³-hybridized carbons (Fsp3) is 0.125. The molecule has 0 saturated heterocycles. The molecule has 2 aromatic heterocycles. The molecule has 0 saturated carbocycles. The van der Waals surface area contributed by atoms with E-state index in [-0.39, 0.29) is 12.2 Å². The molecule has 1 amide bonds. The molecule has 17 heavy (non-hydrogen) atoms. The molecular weight excluding hydrogens is 246 g/mol. The SMILES string of the molecule is O=C(O)Cn1cc(C(=O)Nc2nccs2)nn1. The van der Waals surface area contributed by atoms with Crippen LogP contribution in [0.2, 0.25) is 0 Å². The summed E-state index contributed by atoms with van der Waals surface area (Å²) in [5, 5.41) is 20.3. The summed E-state index contributed by atoms with van der Waals surface area (Å²) in [6.07, 6.45) is 2.82. The van der Waals surface area contributed by atoms with Crippen molar-refractivity contribution in [2.75, 3.05) is 5.32 Å². The van der Waals surface area contributed by atoms with Gasteiger partial charge in [0.2, 0.25) is 0 Å². The molecule has 0 fully saturated rings. The van der Waals surface area contributed by atoms with Crippen molar-refractivity contribution < 1.29 is 14.7 Å². The fourth-order valence-electron chi connectivity index (χ4n) is 1.06. The van der Waals surface area contributed by atoms with Crippen LogP contribution in [0.3, 0.4) is 0 Å². The second-order valence-electron chi connectivity index (χ2n) is 2.99. The summed E-state index contributed by atoms with van der Waals surface area (Å²) < 4.78 is 1.07. The van der Waals surface area contributed by atoms with E-state index in [0.717, 1.165) is 4.68 Å². The Balaban J connectivity index is 2.04. The molecule has 9 heteroatoms. The van der Waals surface area contributed by atoms with Gasteiger partial charge in [0, 0.05) is 11.6 Å². The summed E-state index contributed by atoms with van der Waals surface area (Å²) in [5.41, 5.74) is 0.0430. The minimum Gasteiger partial charge on any atom is -0.480 e. The Labute approximate surface area is 98.9 Å². The van der Waals surface area contributed by atoms with Crippen LogP contribution in [0.5, 0.6) is 0 Å². The van der Waals surface area contributed by atoms with Crippen molar-refractivity contribution in [3.8, 4) is 0 Å². The highest BCUT2D eigenvalue weighted by molar-refractivity contribution is 7.13. The highest BCUT2D eigenvalue weighted by atomic mass is 32.1. The predicted molar refractivity (Wildman–Crippen MR) is 57.7 cm³/mol. The Bertz CT molecular complexity index is 535. The maximum Gasteiger partial charge on any atom is 0.325 e. The quantitative estimate of drug-likeness (QED) is 0.797. The second kappa shape index (κ2) is 4.70. The van der Waals surface area contributed by atoms with Gasteiger partial charge >= 0.3 is 5.97 Å². The van der Waals surface area contributed by atoms with Crippen LogP contribution in [0, 0.1) is 0 Å². The number of carbonyl (C=O) groups is 2. The first kappa shape index (κ1) is 11.2. The Hall–Kier alpha value is -2.29. The van der Waals surface area contributed by atoms with Crippen LogP contribution in [0.1, 0.15) is 10.5 Å². The van der Waals surface area contributed by atoms with Gasteiger partial charge in [-0.25, -0.2) is 9.67 Å².